The van der Waals surface area contributed by atoms with Crippen molar-refractivity contribution in [2.24, 2.45) is 0 Å². The van der Waals surface area contributed by atoms with E-state index in [4.69, 9.17) is 15.2 Å². The van der Waals surface area contributed by atoms with Crippen LogP contribution in [0.5, 0.6) is 11.5 Å². The highest BCUT2D eigenvalue weighted by Gasteiger charge is 2.11. The summed E-state index contributed by atoms with van der Waals surface area (Å²) in [5.74, 6) is 1.65. The summed E-state index contributed by atoms with van der Waals surface area (Å²) in [6.07, 6.45) is 1.69. The average molecular weight is 262 g/mol. The van der Waals surface area contributed by atoms with Gasteiger partial charge in [0.15, 0.2) is 16.6 Å². The predicted molar refractivity (Wildman–Crippen MR) is 71.4 cm³/mol. The SMILES string of the molecule is Nc1nc(Cc2ccc3c(c2)OCCCO3)cs1. The number of aromatic nitrogens is 1. The molecule has 94 valence electrons. The maximum atomic E-state index is 5.66. The Hall–Kier alpha value is -1.75. The van der Waals surface area contributed by atoms with Gasteiger partial charge in [0, 0.05) is 18.2 Å². The molecule has 0 atom stereocenters. The maximum Gasteiger partial charge on any atom is 0.180 e. The fourth-order valence-corrected chi connectivity index (χ4v) is 2.49. The molecule has 4 nitrogen and oxygen atoms in total. The van der Waals surface area contributed by atoms with Crippen molar-refractivity contribution >= 4 is 16.5 Å². The Morgan fingerprint density at radius 2 is 2.06 bits per heavy atom. The lowest BCUT2D eigenvalue weighted by atomic mass is 10.1. The lowest BCUT2D eigenvalue weighted by Gasteiger charge is -2.08. The molecule has 0 spiro atoms. The van der Waals surface area contributed by atoms with Crippen molar-refractivity contribution in [2.45, 2.75) is 12.8 Å². The number of hydrogen-bond acceptors (Lipinski definition) is 5. The first-order valence-electron chi connectivity index (χ1n) is 5.90. The van der Waals surface area contributed by atoms with Crippen LogP contribution in [-0.4, -0.2) is 18.2 Å². The first kappa shape index (κ1) is 11.3. The molecular weight excluding hydrogens is 248 g/mol. The van der Waals surface area contributed by atoms with E-state index < -0.39 is 0 Å². The number of thiazole rings is 1. The molecule has 1 aliphatic rings. The third kappa shape index (κ3) is 2.41. The van der Waals surface area contributed by atoms with Crippen molar-refractivity contribution < 1.29 is 9.47 Å². The van der Waals surface area contributed by atoms with Crippen LogP contribution >= 0.6 is 11.3 Å². The van der Waals surface area contributed by atoms with Gasteiger partial charge in [-0.05, 0) is 17.7 Å². The Balaban J connectivity index is 1.83. The summed E-state index contributed by atoms with van der Waals surface area (Å²) in [4.78, 5) is 4.26. The van der Waals surface area contributed by atoms with Gasteiger partial charge < -0.3 is 15.2 Å². The topological polar surface area (TPSA) is 57.4 Å². The fourth-order valence-electron chi connectivity index (χ4n) is 1.93. The zero-order valence-corrected chi connectivity index (χ0v) is 10.7. The van der Waals surface area contributed by atoms with Crippen molar-refractivity contribution in [3.8, 4) is 11.5 Å². The van der Waals surface area contributed by atoms with Crippen LogP contribution in [0.2, 0.25) is 0 Å². The summed E-state index contributed by atoms with van der Waals surface area (Å²) in [5, 5.41) is 2.59. The molecule has 5 heteroatoms. The molecule has 1 aromatic carbocycles. The van der Waals surface area contributed by atoms with Gasteiger partial charge in [0.05, 0.1) is 18.9 Å². The lowest BCUT2D eigenvalue weighted by molar-refractivity contribution is 0.297. The average Bonchev–Trinajstić information content (AvgIpc) is 2.64. The van der Waals surface area contributed by atoms with Gasteiger partial charge in [0.1, 0.15) is 0 Å². The normalized spacial score (nSPS) is 14.2. The summed E-state index contributed by atoms with van der Waals surface area (Å²) in [6, 6.07) is 6.03. The second kappa shape index (κ2) is 4.86. The Labute approximate surface area is 109 Å². The predicted octanol–water partition coefficient (Wildman–Crippen LogP) is 2.48. The zero-order chi connectivity index (χ0) is 12.4. The van der Waals surface area contributed by atoms with E-state index in [0.29, 0.717) is 11.7 Å². The number of benzene rings is 1. The molecule has 0 saturated carbocycles. The first-order chi connectivity index (χ1) is 8.81. The van der Waals surface area contributed by atoms with E-state index in [1.807, 2.05) is 23.6 Å². The first-order valence-corrected chi connectivity index (χ1v) is 6.77. The quantitative estimate of drug-likeness (QED) is 0.903. The summed E-state index contributed by atoms with van der Waals surface area (Å²) >= 11 is 1.47. The van der Waals surface area contributed by atoms with Gasteiger partial charge in [-0.2, -0.15) is 0 Å². The van der Waals surface area contributed by atoms with Crippen LogP contribution in [0, 0.1) is 0 Å². The van der Waals surface area contributed by atoms with E-state index in [1.165, 1.54) is 11.3 Å². The minimum absolute atomic E-state index is 0.611. The fraction of sp³-hybridized carbons (Fsp3) is 0.308. The van der Waals surface area contributed by atoms with E-state index in [-0.39, 0.29) is 0 Å². The minimum Gasteiger partial charge on any atom is -0.490 e. The largest absolute Gasteiger partial charge is 0.490 e. The van der Waals surface area contributed by atoms with Gasteiger partial charge >= 0.3 is 0 Å². The van der Waals surface area contributed by atoms with E-state index in [9.17, 15) is 0 Å². The molecule has 0 aliphatic carbocycles. The Kier molecular flexibility index (Phi) is 3.06. The van der Waals surface area contributed by atoms with Crippen molar-refractivity contribution in [1.82, 2.24) is 4.98 Å². The molecule has 2 heterocycles. The van der Waals surface area contributed by atoms with E-state index in [2.05, 4.69) is 4.98 Å². The molecule has 0 unspecified atom stereocenters. The van der Waals surface area contributed by atoms with Gasteiger partial charge in [-0.15, -0.1) is 11.3 Å². The molecule has 0 amide bonds. The van der Waals surface area contributed by atoms with E-state index in [0.717, 1.165) is 42.2 Å². The van der Waals surface area contributed by atoms with Crippen molar-refractivity contribution in [1.29, 1.82) is 0 Å². The summed E-state index contributed by atoms with van der Waals surface area (Å²) < 4.78 is 11.3. The third-order valence-corrected chi connectivity index (χ3v) is 3.49. The molecule has 1 aromatic heterocycles. The molecule has 18 heavy (non-hydrogen) atoms. The number of anilines is 1. The van der Waals surface area contributed by atoms with Crippen LogP contribution in [0.25, 0.3) is 0 Å². The number of hydrogen-bond donors (Lipinski definition) is 1. The number of nitrogens with zero attached hydrogens (tertiary/aromatic N) is 1. The second-order valence-electron chi connectivity index (χ2n) is 4.19. The molecule has 3 rings (SSSR count). The molecular formula is C13H14N2O2S. The van der Waals surface area contributed by atoms with E-state index in [1.54, 1.807) is 0 Å². The van der Waals surface area contributed by atoms with Crippen LogP contribution in [0.3, 0.4) is 0 Å². The smallest absolute Gasteiger partial charge is 0.180 e. The van der Waals surface area contributed by atoms with Crippen molar-refractivity contribution in [3.05, 3.63) is 34.8 Å². The molecule has 1 aliphatic heterocycles. The molecule has 0 radical (unpaired) electrons. The van der Waals surface area contributed by atoms with Crippen LogP contribution in [0.4, 0.5) is 5.13 Å². The summed E-state index contributed by atoms with van der Waals surface area (Å²) in [7, 11) is 0. The van der Waals surface area contributed by atoms with Gasteiger partial charge in [-0.3, -0.25) is 0 Å². The molecule has 0 saturated heterocycles. The van der Waals surface area contributed by atoms with Gasteiger partial charge in [-0.25, -0.2) is 4.98 Å². The number of rotatable bonds is 2. The van der Waals surface area contributed by atoms with Crippen molar-refractivity contribution in [3.63, 3.8) is 0 Å². The van der Waals surface area contributed by atoms with E-state index >= 15 is 0 Å². The van der Waals surface area contributed by atoms with Crippen molar-refractivity contribution in [2.75, 3.05) is 18.9 Å². The van der Waals surface area contributed by atoms with Crippen LogP contribution in [0.15, 0.2) is 23.6 Å². The highest BCUT2D eigenvalue weighted by molar-refractivity contribution is 7.13. The number of nitrogens with two attached hydrogens (primary N) is 1. The number of nitrogen functional groups attached to an aromatic ring is 1. The second-order valence-corrected chi connectivity index (χ2v) is 5.08. The van der Waals surface area contributed by atoms with Gasteiger partial charge in [-0.1, -0.05) is 6.07 Å². The lowest BCUT2D eigenvalue weighted by Crippen LogP contribution is -1.97. The molecule has 0 fully saturated rings. The van der Waals surface area contributed by atoms with Gasteiger partial charge in [0.25, 0.3) is 0 Å². The Morgan fingerprint density at radius 1 is 1.22 bits per heavy atom. The standard InChI is InChI=1S/C13H14N2O2S/c14-13-15-10(8-18-13)6-9-2-3-11-12(7-9)17-5-1-4-16-11/h2-3,7-8H,1,4-6H2,(H2,14,15). The molecule has 2 aromatic rings. The Bertz CT molecular complexity index is 554. The minimum atomic E-state index is 0.611. The zero-order valence-electron chi connectivity index (χ0n) is 9.89. The molecule has 2 N–H and O–H groups in total. The van der Waals surface area contributed by atoms with Crippen LogP contribution in [-0.2, 0) is 6.42 Å². The number of fused-ring (bicyclic) bond motifs is 1. The van der Waals surface area contributed by atoms with Crippen LogP contribution < -0.4 is 15.2 Å². The summed E-state index contributed by atoms with van der Waals surface area (Å²) in [5.41, 5.74) is 7.78. The highest BCUT2D eigenvalue weighted by Crippen LogP contribution is 2.31. The van der Waals surface area contributed by atoms with Gasteiger partial charge in [0.2, 0.25) is 0 Å². The molecule has 0 bridgehead atoms. The highest BCUT2D eigenvalue weighted by atomic mass is 32.1. The van der Waals surface area contributed by atoms with Crippen LogP contribution in [0.1, 0.15) is 17.7 Å². The Morgan fingerprint density at radius 3 is 2.83 bits per heavy atom. The maximum absolute atomic E-state index is 5.66. The monoisotopic (exact) mass is 262 g/mol. The summed E-state index contributed by atoms with van der Waals surface area (Å²) in [6.45, 7) is 1.43. The third-order valence-electron chi connectivity index (χ3n) is 2.77. The number of ether oxygens (including phenoxy) is 2.